The maximum Gasteiger partial charge on any atom is 0.0268 e. The quantitative estimate of drug-likeness (QED) is 0.435. The van der Waals surface area contributed by atoms with Crippen molar-refractivity contribution >= 4 is 17.1 Å². The molecule has 1 rings (SSSR count). The monoisotopic (exact) mass is 148 g/mol. The second-order valence-electron chi connectivity index (χ2n) is 2.23. The highest BCUT2D eigenvalue weighted by Gasteiger charge is 1.91. The highest BCUT2D eigenvalue weighted by Crippen LogP contribution is 2.03. The topological polar surface area (TPSA) is 0 Å². The Morgan fingerprint density at radius 3 is 2.20 bits per heavy atom. The van der Waals surface area contributed by atoms with Gasteiger partial charge in [-0.25, -0.2) is 0 Å². The summed E-state index contributed by atoms with van der Waals surface area (Å²) < 4.78 is 0. The van der Waals surface area contributed by atoms with Crippen molar-refractivity contribution in [1.82, 2.24) is 0 Å². The number of benzene rings is 1. The van der Waals surface area contributed by atoms with Gasteiger partial charge >= 0.3 is 0 Å². The van der Waals surface area contributed by atoms with Crippen LogP contribution in [0.3, 0.4) is 0 Å². The van der Waals surface area contributed by atoms with Crippen molar-refractivity contribution in [2.24, 2.45) is 0 Å². The number of thiocarbonyl (C=S) groups is 1. The predicted molar refractivity (Wildman–Crippen MR) is 47.2 cm³/mol. The lowest BCUT2D eigenvalue weighted by Gasteiger charge is -1.96. The first-order valence-electron chi connectivity index (χ1n) is 3.06. The molecular weight excluding hydrogens is 140 g/mol. The van der Waals surface area contributed by atoms with Gasteiger partial charge in [-0.05, 0) is 12.5 Å². The number of hydrogen-bond donors (Lipinski definition) is 0. The molecule has 50 valence electrons. The van der Waals surface area contributed by atoms with Crippen molar-refractivity contribution < 1.29 is 0 Å². The van der Waals surface area contributed by atoms with Gasteiger partial charge in [0, 0.05) is 11.8 Å². The van der Waals surface area contributed by atoms with Crippen molar-refractivity contribution in [3.8, 4) is 0 Å². The molecule has 0 bridgehead atoms. The van der Waals surface area contributed by atoms with Gasteiger partial charge in [-0.2, -0.15) is 0 Å². The zero-order valence-electron chi connectivity index (χ0n) is 5.79. The third-order valence-electron chi connectivity index (χ3n) is 1.34. The Hall–Kier alpha value is -0.690. The van der Waals surface area contributed by atoms with Crippen LogP contribution in [0.1, 0.15) is 11.1 Å². The summed E-state index contributed by atoms with van der Waals surface area (Å²) in [5, 5.41) is 0. The van der Waals surface area contributed by atoms with E-state index in [2.05, 4.69) is 0 Å². The van der Waals surface area contributed by atoms with Crippen LogP contribution in [0, 0.1) is 13.8 Å². The van der Waals surface area contributed by atoms with Gasteiger partial charge in [-0.15, -0.1) is 0 Å². The molecule has 0 aliphatic carbocycles. The van der Waals surface area contributed by atoms with E-state index in [9.17, 15) is 0 Å². The van der Waals surface area contributed by atoms with Crippen LogP contribution in [0.25, 0.3) is 0 Å². The molecule has 10 heavy (non-hydrogen) atoms. The van der Waals surface area contributed by atoms with E-state index >= 15 is 0 Å². The Morgan fingerprint density at radius 2 is 1.80 bits per heavy atom. The van der Waals surface area contributed by atoms with E-state index < -0.39 is 0 Å². The fraction of sp³-hybridized carbons (Fsp3) is 0.111. The molecule has 1 aromatic carbocycles. The molecule has 0 aliphatic rings. The average molecular weight is 148 g/mol. The average Bonchev–Trinajstić information content (AvgIpc) is 1.88. The van der Waals surface area contributed by atoms with Crippen LogP contribution >= 0.6 is 12.2 Å². The minimum absolute atomic E-state index is 0.458. The smallest absolute Gasteiger partial charge is 0.0268 e. The fourth-order valence-electron chi connectivity index (χ4n) is 0.718. The SMILES string of the molecule is [CH]C(=S)c1ccc(C)cc1. The van der Waals surface area contributed by atoms with Crippen molar-refractivity contribution in [3.05, 3.63) is 42.3 Å². The van der Waals surface area contributed by atoms with Gasteiger partial charge in [0.2, 0.25) is 0 Å². The van der Waals surface area contributed by atoms with Crippen molar-refractivity contribution in [1.29, 1.82) is 0 Å². The van der Waals surface area contributed by atoms with E-state index in [1.165, 1.54) is 5.56 Å². The van der Waals surface area contributed by atoms with E-state index in [4.69, 9.17) is 19.1 Å². The summed E-state index contributed by atoms with van der Waals surface area (Å²) in [4.78, 5) is 0.458. The Labute approximate surface area is 66.9 Å². The summed E-state index contributed by atoms with van der Waals surface area (Å²) in [7, 11) is 0. The molecule has 0 nitrogen and oxygen atoms in total. The first kappa shape index (κ1) is 7.42. The Kier molecular flexibility index (Phi) is 2.17. The van der Waals surface area contributed by atoms with Crippen LogP contribution in [0.2, 0.25) is 0 Å². The summed E-state index contributed by atoms with van der Waals surface area (Å²) in [6.07, 6.45) is 0. The van der Waals surface area contributed by atoms with E-state index in [0.717, 1.165) is 5.56 Å². The van der Waals surface area contributed by atoms with Gasteiger partial charge in [-0.3, -0.25) is 0 Å². The predicted octanol–water partition coefficient (Wildman–Crippen LogP) is 2.42. The minimum Gasteiger partial charge on any atom is -0.0839 e. The normalized spacial score (nSPS) is 9.40. The number of aryl methyl sites for hydroxylation is 1. The highest BCUT2D eigenvalue weighted by molar-refractivity contribution is 7.81. The summed E-state index contributed by atoms with van der Waals surface area (Å²) >= 11 is 4.78. The van der Waals surface area contributed by atoms with Crippen LogP contribution in [0.15, 0.2) is 24.3 Å². The molecule has 0 aliphatic heterocycles. The molecule has 0 atom stereocenters. The molecule has 0 unspecified atom stereocenters. The largest absolute Gasteiger partial charge is 0.0839 e. The molecule has 2 radical (unpaired) electrons. The fourth-order valence-corrected chi connectivity index (χ4v) is 0.854. The zero-order chi connectivity index (χ0) is 7.56. The van der Waals surface area contributed by atoms with Crippen LogP contribution in [0.4, 0.5) is 0 Å². The molecule has 0 fully saturated rings. The molecule has 0 spiro atoms. The highest BCUT2D eigenvalue weighted by atomic mass is 32.1. The van der Waals surface area contributed by atoms with E-state index in [1.807, 2.05) is 31.2 Å². The van der Waals surface area contributed by atoms with E-state index in [-0.39, 0.29) is 0 Å². The van der Waals surface area contributed by atoms with Crippen molar-refractivity contribution in [3.63, 3.8) is 0 Å². The standard InChI is InChI=1S/C9H8S/c1-7-3-5-9(6-4-7)8(2)10/h2-6H,1H3. The summed E-state index contributed by atoms with van der Waals surface area (Å²) in [6, 6.07) is 7.85. The first-order chi connectivity index (χ1) is 4.70. The van der Waals surface area contributed by atoms with Gasteiger partial charge in [-0.1, -0.05) is 42.0 Å². The lowest BCUT2D eigenvalue weighted by molar-refractivity contribution is 1.47. The molecule has 0 amide bonds. The Balaban J connectivity index is 3.00. The van der Waals surface area contributed by atoms with Gasteiger partial charge in [0.1, 0.15) is 0 Å². The van der Waals surface area contributed by atoms with E-state index in [0.29, 0.717) is 4.86 Å². The number of hydrogen-bond acceptors (Lipinski definition) is 1. The first-order valence-corrected chi connectivity index (χ1v) is 3.47. The molecule has 0 heterocycles. The molecule has 1 heteroatoms. The lowest BCUT2D eigenvalue weighted by Crippen LogP contribution is -1.88. The molecule has 0 saturated carbocycles. The van der Waals surface area contributed by atoms with Crippen LogP contribution in [0.5, 0.6) is 0 Å². The second kappa shape index (κ2) is 2.93. The second-order valence-corrected chi connectivity index (χ2v) is 2.67. The molecule has 0 saturated heterocycles. The summed E-state index contributed by atoms with van der Waals surface area (Å²) in [5.41, 5.74) is 2.15. The van der Waals surface area contributed by atoms with Crippen LogP contribution in [-0.2, 0) is 0 Å². The summed E-state index contributed by atoms with van der Waals surface area (Å²) in [5.74, 6) is 0. The van der Waals surface area contributed by atoms with Crippen LogP contribution in [-0.4, -0.2) is 4.86 Å². The van der Waals surface area contributed by atoms with Gasteiger partial charge in [0.15, 0.2) is 0 Å². The molecule has 1 aromatic rings. The zero-order valence-corrected chi connectivity index (χ0v) is 6.61. The van der Waals surface area contributed by atoms with Gasteiger partial charge < -0.3 is 0 Å². The third-order valence-corrected chi connectivity index (χ3v) is 1.57. The maximum absolute atomic E-state index is 5.40. The molecular formula is C9H8S. The molecule has 0 N–H and O–H groups in total. The Bertz CT molecular complexity index is 233. The van der Waals surface area contributed by atoms with Crippen LogP contribution < -0.4 is 0 Å². The van der Waals surface area contributed by atoms with Gasteiger partial charge in [0.05, 0.1) is 0 Å². The van der Waals surface area contributed by atoms with Crippen molar-refractivity contribution in [2.75, 3.05) is 0 Å². The van der Waals surface area contributed by atoms with E-state index in [1.54, 1.807) is 0 Å². The number of rotatable bonds is 1. The Morgan fingerprint density at radius 1 is 1.30 bits per heavy atom. The minimum atomic E-state index is 0.458. The van der Waals surface area contributed by atoms with Gasteiger partial charge in [0.25, 0.3) is 0 Å². The maximum atomic E-state index is 5.40. The lowest BCUT2D eigenvalue weighted by atomic mass is 10.1. The molecule has 0 aromatic heterocycles. The summed E-state index contributed by atoms with van der Waals surface area (Å²) in [6.45, 7) is 7.43. The third kappa shape index (κ3) is 1.64. The van der Waals surface area contributed by atoms with Crippen molar-refractivity contribution in [2.45, 2.75) is 6.92 Å².